The Morgan fingerprint density at radius 1 is 1.13 bits per heavy atom. The van der Waals surface area contributed by atoms with Gasteiger partial charge in [-0.25, -0.2) is 9.97 Å². The molecule has 0 aliphatic carbocycles. The van der Waals surface area contributed by atoms with E-state index in [0.29, 0.717) is 11.6 Å². The highest BCUT2D eigenvalue weighted by molar-refractivity contribution is 5.90. The van der Waals surface area contributed by atoms with Gasteiger partial charge in [0.2, 0.25) is 11.9 Å². The highest BCUT2D eigenvalue weighted by Crippen LogP contribution is 2.28. The lowest BCUT2D eigenvalue weighted by Crippen LogP contribution is -2.05. The quantitative estimate of drug-likeness (QED) is 0.777. The fourth-order valence-electron chi connectivity index (χ4n) is 2.40. The number of hydrogen-bond donors (Lipinski definition) is 2. The van der Waals surface area contributed by atoms with Gasteiger partial charge in [0.25, 0.3) is 0 Å². The number of aryl methyl sites for hydroxylation is 1. The number of pyridine rings is 1. The maximum absolute atomic E-state index is 11.2. The van der Waals surface area contributed by atoms with Crippen molar-refractivity contribution in [2.24, 2.45) is 0 Å². The van der Waals surface area contributed by atoms with E-state index in [4.69, 9.17) is 0 Å². The van der Waals surface area contributed by atoms with Gasteiger partial charge in [0.05, 0.1) is 0 Å². The van der Waals surface area contributed by atoms with Crippen LogP contribution in [0.3, 0.4) is 0 Å². The standard InChI is InChI=1S/C17H17N5O/c1-10-4-5-14(21-11(2)23)7-15(10)12-6-13-9-20-17(18-3)22-16(13)19-8-12/h4-9H,1-3H3,(H,21,23)(H,18,19,20,22). The van der Waals surface area contributed by atoms with Crippen molar-refractivity contribution in [3.63, 3.8) is 0 Å². The van der Waals surface area contributed by atoms with Gasteiger partial charge in [0.1, 0.15) is 0 Å². The van der Waals surface area contributed by atoms with E-state index in [2.05, 4.69) is 25.6 Å². The molecule has 0 aliphatic rings. The van der Waals surface area contributed by atoms with Gasteiger partial charge in [-0.2, -0.15) is 4.98 Å². The van der Waals surface area contributed by atoms with Crippen LogP contribution in [-0.4, -0.2) is 27.9 Å². The van der Waals surface area contributed by atoms with Crippen LogP contribution in [0.4, 0.5) is 11.6 Å². The van der Waals surface area contributed by atoms with Crippen molar-refractivity contribution in [1.29, 1.82) is 0 Å². The Morgan fingerprint density at radius 3 is 2.70 bits per heavy atom. The Morgan fingerprint density at radius 2 is 1.96 bits per heavy atom. The van der Waals surface area contributed by atoms with Crippen LogP contribution in [0.2, 0.25) is 0 Å². The first-order valence-electron chi connectivity index (χ1n) is 7.26. The summed E-state index contributed by atoms with van der Waals surface area (Å²) < 4.78 is 0. The Balaban J connectivity index is 2.07. The van der Waals surface area contributed by atoms with Crippen LogP contribution < -0.4 is 10.6 Å². The van der Waals surface area contributed by atoms with Gasteiger partial charge in [0, 0.05) is 43.0 Å². The average Bonchev–Trinajstić information content (AvgIpc) is 2.55. The molecule has 116 valence electrons. The van der Waals surface area contributed by atoms with E-state index >= 15 is 0 Å². The fraction of sp³-hybridized carbons (Fsp3) is 0.176. The molecular formula is C17H17N5O. The molecule has 6 heteroatoms. The first kappa shape index (κ1) is 14.9. The van der Waals surface area contributed by atoms with Crippen molar-refractivity contribution in [3.8, 4) is 11.1 Å². The SMILES string of the molecule is CNc1ncc2cc(-c3cc(NC(C)=O)ccc3C)cnc2n1. The smallest absolute Gasteiger partial charge is 0.224 e. The highest BCUT2D eigenvalue weighted by Gasteiger charge is 2.07. The predicted molar refractivity (Wildman–Crippen MR) is 91.4 cm³/mol. The third-order valence-corrected chi connectivity index (χ3v) is 3.53. The average molecular weight is 307 g/mol. The molecule has 2 heterocycles. The van der Waals surface area contributed by atoms with Crippen LogP contribution in [0.25, 0.3) is 22.2 Å². The molecule has 1 amide bonds. The third-order valence-electron chi connectivity index (χ3n) is 3.53. The molecule has 0 saturated heterocycles. The van der Waals surface area contributed by atoms with Gasteiger partial charge in [-0.1, -0.05) is 6.07 Å². The zero-order valence-corrected chi connectivity index (χ0v) is 13.2. The molecule has 0 spiro atoms. The second-order valence-corrected chi connectivity index (χ2v) is 5.29. The topological polar surface area (TPSA) is 79.8 Å². The van der Waals surface area contributed by atoms with E-state index in [1.54, 1.807) is 19.4 Å². The van der Waals surface area contributed by atoms with Crippen molar-refractivity contribution in [2.45, 2.75) is 13.8 Å². The van der Waals surface area contributed by atoms with Crippen LogP contribution in [-0.2, 0) is 4.79 Å². The Bertz CT molecular complexity index is 891. The van der Waals surface area contributed by atoms with E-state index in [9.17, 15) is 4.79 Å². The molecule has 0 radical (unpaired) electrons. The van der Waals surface area contributed by atoms with Crippen LogP contribution in [0.15, 0.2) is 36.7 Å². The molecule has 3 aromatic rings. The number of hydrogen-bond acceptors (Lipinski definition) is 5. The van der Waals surface area contributed by atoms with Gasteiger partial charge >= 0.3 is 0 Å². The Kier molecular flexibility index (Phi) is 3.89. The molecule has 3 rings (SSSR count). The second kappa shape index (κ2) is 6.00. The number of benzene rings is 1. The summed E-state index contributed by atoms with van der Waals surface area (Å²) in [5.74, 6) is 0.450. The molecule has 6 nitrogen and oxygen atoms in total. The summed E-state index contributed by atoms with van der Waals surface area (Å²) in [4.78, 5) is 24.2. The number of carbonyl (C=O) groups excluding carboxylic acids is 1. The summed E-state index contributed by atoms with van der Waals surface area (Å²) in [5.41, 5.74) is 4.49. The van der Waals surface area contributed by atoms with Crippen LogP contribution in [0, 0.1) is 6.92 Å². The summed E-state index contributed by atoms with van der Waals surface area (Å²) >= 11 is 0. The van der Waals surface area contributed by atoms with Gasteiger partial charge in [-0.15, -0.1) is 0 Å². The zero-order valence-electron chi connectivity index (χ0n) is 13.2. The molecule has 2 N–H and O–H groups in total. The molecule has 23 heavy (non-hydrogen) atoms. The Hall–Kier alpha value is -3.02. The molecule has 0 aliphatic heterocycles. The number of nitrogens with zero attached hydrogens (tertiary/aromatic N) is 3. The minimum absolute atomic E-state index is 0.0931. The fourth-order valence-corrected chi connectivity index (χ4v) is 2.40. The van der Waals surface area contributed by atoms with Gasteiger partial charge in [-0.3, -0.25) is 4.79 Å². The normalized spacial score (nSPS) is 10.6. The third kappa shape index (κ3) is 3.11. The van der Waals surface area contributed by atoms with Gasteiger partial charge in [-0.05, 0) is 36.2 Å². The Labute approximate surface area is 134 Å². The van der Waals surface area contributed by atoms with E-state index in [-0.39, 0.29) is 5.91 Å². The number of nitrogens with one attached hydrogen (secondary N) is 2. The van der Waals surface area contributed by atoms with Crippen LogP contribution in [0.1, 0.15) is 12.5 Å². The maximum atomic E-state index is 11.2. The van der Waals surface area contributed by atoms with Crippen molar-refractivity contribution in [1.82, 2.24) is 15.0 Å². The number of amides is 1. The van der Waals surface area contributed by atoms with Crippen molar-refractivity contribution in [3.05, 3.63) is 42.2 Å². The van der Waals surface area contributed by atoms with Crippen molar-refractivity contribution >= 4 is 28.6 Å². The summed E-state index contributed by atoms with van der Waals surface area (Å²) in [6.07, 6.45) is 3.53. The first-order valence-corrected chi connectivity index (χ1v) is 7.26. The van der Waals surface area contributed by atoms with E-state index in [1.165, 1.54) is 6.92 Å². The molecule has 0 saturated carbocycles. The molecule has 0 bridgehead atoms. The molecule has 2 aromatic heterocycles. The first-order chi connectivity index (χ1) is 11.1. The van der Waals surface area contributed by atoms with E-state index < -0.39 is 0 Å². The highest BCUT2D eigenvalue weighted by atomic mass is 16.1. The molecule has 0 unspecified atom stereocenters. The van der Waals surface area contributed by atoms with Crippen LogP contribution in [0.5, 0.6) is 0 Å². The van der Waals surface area contributed by atoms with E-state index in [1.807, 2.05) is 31.2 Å². The van der Waals surface area contributed by atoms with Gasteiger partial charge < -0.3 is 10.6 Å². The summed E-state index contributed by atoms with van der Waals surface area (Å²) in [6, 6.07) is 7.81. The molecule has 0 atom stereocenters. The maximum Gasteiger partial charge on any atom is 0.224 e. The zero-order chi connectivity index (χ0) is 16.4. The minimum Gasteiger partial charge on any atom is -0.357 e. The number of carbonyl (C=O) groups is 1. The lowest BCUT2D eigenvalue weighted by atomic mass is 10.0. The molecule has 0 fully saturated rings. The minimum atomic E-state index is -0.0931. The van der Waals surface area contributed by atoms with Crippen molar-refractivity contribution in [2.75, 3.05) is 17.7 Å². The van der Waals surface area contributed by atoms with E-state index in [0.717, 1.165) is 27.8 Å². The number of anilines is 2. The number of fused-ring (bicyclic) bond motifs is 1. The number of rotatable bonds is 3. The second-order valence-electron chi connectivity index (χ2n) is 5.29. The van der Waals surface area contributed by atoms with Crippen LogP contribution >= 0.6 is 0 Å². The molecule has 1 aromatic carbocycles. The monoisotopic (exact) mass is 307 g/mol. The lowest BCUT2D eigenvalue weighted by molar-refractivity contribution is -0.114. The number of aromatic nitrogens is 3. The predicted octanol–water partition coefficient (Wildman–Crippen LogP) is 3.00. The van der Waals surface area contributed by atoms with Crippen molar-refractivity contribution < 1.29 is 4.79 Å². The lowest BCUT2D eigenvalue weighted by Gasteiger charge is -2.10. The van der Waals surface area contributed by atoms with Gasteiger partial charge in [0.15, 0.2) is 5.65 Å². The summed E-state index contributed by atoms with van der Waals surface area (Å²) in [6.45, 7) is 3.52. The summed E-state index contributed by atoms with van der Waals surface area (Å²) in [7, 11) is 1.77. The largest absolute Gasteiger partial charge is 0.357 e. The molecular weight excluding hydrogens is 290 g/mol. The summed E-state index contributed by atoms with van der Waals surface area (Å²) in [5, 5.41) is 6.57.